The first-order valence-electron chi connectivity index (χ1n) is 5.99. The molecule has 3 heteroatoms. The van der Waals surface area contributed by atoms with Gasteiger partial charge in [0.1, 0.15) is 5.75 Å². The fourth-order valence-electron chi connectivity index (χ4n) is 1.97. The number of benzene rings is 1. The third-order valence-corrected chi connectivity index (χ3v) is 2.86. The van der Waals surface area contributed by atoms with Gasteiger partial charge in [0, 0.05) is 11.1 Å². The number of nitrogens with two attached hydrogens (primary N) is 1. The van der Waals surface area contributed by atoms with Gasteiger partial charge in [-0.15, -0.1) is 0 Å². The summed E-state index contributed by atoms with van der Waals surface area (Å²) in [5, 5.41) is 0. The molecule has 0 spiro atoms. The highest BCUT2D eigenvalue weighted by atomic mass is 16.5. The molecular formula is C14H19NO2. The number of hydrogen-bond donors (Lipinski definition) is 1. The largest absolute Gasteiger partial charge is 0.490 e. The third kappa shape index (κ3) is 2.60. The van der Waals surface area contributed by atoms with Crippen LogP contribution in [0.4, 0.5) is 0 Å². The molecule has 92 valence electrons. The molecule has 1 aliphatic rings. The van der Waals surface area contributed by atoms with Gasteiger partial charge in [0.25, 0.3) is 0 Å². The molecule has 0 unspecified atom stereocenters. The molecule has 1 saturated carbocycles. The first kappa shape index (κ1) is 12.0. The molecule has 0 aliphatic heterocycles. The van der Waals surface area contributed by atoms with Crippen molar-refractivity contribution in [2.45, 2.75) is 45.1 Å². The van der Waals surface area contributed by atoms with E-state index in [9.17, 15) is 4.79 Å². The van der Waals surface area contributed by atoms with Crippen LogP contribution < -0.4 is 10.5 Å². The number of hydrogen-bond acceptors (Lipinski definition) is 2. The van der Waals surface area contributed by atoms with Crippen molar-refractivity contribution in [3.63, 3.8) is 0 Å². The number of carbonyl (C=O) groups is 1. The van der Waals surface area contributed by atoms with E-state index in [4.69, 9.17) is 10.5 Å². The molecule has 3 nitrogen and oxygen atoms in total. The van der Waals surface area contributed by atoms with Crippen molar-refractivity contribution in [1.29, 1.82) is 0 Å². The number of amides is 1. The van der Waals surface area contributed by atoms with Crippen LogP contribution in [0.5, 0.6) is 5.75 Å². The molecule has 1 aromatic carbocycles. The van der Waals surface area contributed by atoms with Crippen molar-refractivity contribution in [3.05, 3.63) is 29.3 Å². The Bertz CT molecular complexity index is 442. The summed E-state index contributed by atoms with van der Waals surface area (Å²) in [7, 11) is 0. The smallest absolute Gasteiger partial charge is 0.249 e. The van der Waals surface area contributed by atoms with E-state index in [2.05, 4.69) is 20.8 Å². The molecule has 1 fully saturated rings. The van der Waals surface area contributed by atoms with Gasteiger partial charge in [-0.25, -0.2) is 0 Å². The molecule has 0 aromatic heterocycles. The van der Waals surface area contributed by atoms with E-state index in [1.807, 2.05) is 12.1 Å². The molecule has 17 heavy (non-hydrogen) atoms. The standard InChI is InChI=1S/C14H19NO2/c1-14(2,3)12-10(13(15)16)5-4-6-11(12)17-9-7-8-9/h4-6,9H,7-8H2,1-3H3,(H2,15,16). The van der Waals surface area contributed by atoms with Gasteiger partial charge in [-0.2, -0.15) is 0 Å². The van der Waals surface area contributed by atoms with Crippen LogP contribution in [0.25, 0.3) is 0 Å². The summed E-state index contributed by atoms with van der Waals surface area (Å²) in [6.07, 6.45) is 2.52. The lowest BCUT2D eigenvalue weighted by Gasteiger charge is -2.25. The maximum atomic E-state index is 11.5. The van der Waals surface area contributed by atoms with Gasteiger partial charge >= 0.3 is 0 Å². The number of carbonyl (C=O) groups excluding carboxylic acids is 1. The zero-order valence-corrected chi connectivity index (χ0v) is 10.6. The van der Waals surface area contributed by atoms with Crippen LogP contribution in [0.1, 0.15) is 49.5 Å². The minimum Gasteiger partial charge on any atom is -0.490 e. The summed E-state index contributed by atoms with van der Waals surface area (Å²) in [5.74, 6) is 0.410. The Balaban J connectivity index is 2.49. The summed E-state index contributed by atoms with van der Waals surface area (Å²) in [4.78, 5) is 11.5. The zero-order chi connectivity index (χ0) is 12.6. The van der Waals surface area contributed by atoms with Gasteiger partial charge < -0.3 is 10.5 Å². The number of ether oxygens (including phenoxy) is 1. The predicted molar refractivity (Wildman–Crippen MR) is 67.3 cm³/mol. The third-order valence-electron chi connectivity index (χ3n) is 2.86. The fourth-order valence-corrected chi connectivity index (χ4v) is 1.97. The van der Waals surface area contributed by atoms with E-state index in [1.54, 1.807) is 6.07 Å². The molecule has 0 bridgehead atoms. The highest BCUT2D eigenvalue weighted by Gasteiger charge is 2.29. The maximum Gasteiger partial charge on any atom is 0.249 e. The maximum absolute atomic E-state index is 11.5. The van der Waals surface area contributed by atoms with Crippen molar-refractivity contribution >= 4 is 5.91 Å². The van der Waals surface area contributed by atoms with Crippen molar-refractivity contribution in [1.82, 2.24) is 0 Å². The summed E-state index contributed by atoms with van der Waals surface area (Å²) < 4.78 is 5.87. The van der Waals surface area contributed by atoms with E-state index in [-0.39, 0.29) is 5.41 Å². The van der Waals surface area contributed by atoms with E-state index in [1.165, 1.54) is 0 Å². The van der Waals surface area contributed by atoms with Gasteiger partial charge in [-0.05, 0) is 30.4 Å². The zero-order valence-electron chi connectivity index (χ0n) is 10.6. The molecule has 1 amide bonds. The first-order chi connectivity index (χ1) is 7.89. The summed E-state index contributed by atoms with van der Waals surface area (Å²) in [6, 6.07) is 5.51. The van der Waals surface area contributed by atoms with Gasteiger partial charge in [-0.1, -0.05) is 26.8 Å². The summed E-state index contributed by atoms with van der Waals surface area (Å²) in [5.41, 5.74) is 6.76. The lowest BCUT2D eigenvalue weighted by Crippen LogP contribution is -2.22. The topological polar surface area (TPSA) is 52.3 Å². The lowest BCUT2D eigenvalue weighted by molar-refractivity contribution is 0.0997. The van der Waals surface area contributed by atoms with Crippen molar-refractivity contribution < 1.29 is 9.53 Å². The summed E-state index contributed by atoms with van der Waals surface area (Å²) in [6.45, 7) is 6.19. The predicted octanol–water partition coefficient (Wildman–Crippen LogP) is 2.62. The fraction of sp³-hybridized carbons (Fsp3) is 0.500. The quantitative estimate of drug-likeness (QED) is 0.872. The van der Waals surface area contributed by atoms with Crippen LogP contribution in [0.15, 0.2) is 18.2 Å². The average molecular weight is 233 g/mol. The van der Waals surface area contributed by atoms with Gasteiger partial charge in [0.15, 0.2) is 0 Å². The van der Waals surface area contributed by atoms with Crippen molar-refractivity contribution in [2.24, 2.45) is 5.73 Å². The van der Waals surface area contributed by atoms with E-state index >= 15 is 0 Å². The molecule has 2 rings (SSSR count). The van der Waals surface area contributed by atoms with Gasteiger partial charge in [0.2, 0.25) is 5.91 Å². The SMILES string of the molecule is CC(C)(C)c1c(OC2CC2)cccc1C(N)=O. The van der Waals surface area contributed by atoms with Crippen LogP contribution in [0.2, 0.25) is 0 Å². The van der Waals surface area contributed by atoms with Gasteiger partial charge in [-0.3, -0.25) is 4.79 Å². The Morgan fingerprint density at radius 1 is 1.35 bits per heavy atom. The van der Waals surface area contributed by atoms with Crippen molar-refractivity contribution in [3.8, 4) is 5.75 Å². The molecular weight excluding hydrogens is 214 g/mol. The number of rotatable bonds is 3. The Hall–Kier alpha value is -1.51. The Morgan fingerprint density at radius 2 is 2.00 bits per heavy atom. The molecule has 1 aliphatic carbocycles. The van der Waals surface area contributed by atoms with E-state index < -0.39 is 5.91 Å². The minimum atomic E-state index is -0.392. The highest BCUT2D eigenvalue weighted by molar-refractivity contribution is 5.95. The Labute approximate surface area is 102 Å². The second-order valence-electron chi connectivity index (χ2n) is 5.61. The molecule has 0 atom stereocenters. The summed E-state index contributed by atoms with van der Waals surface area (Å²) >= 11 is 0. The van der Waals surface area contributed by atoms with Gasteiger partial charge in [0.05, 0.1) is 6.10 Å². The lowest BCUT2D eigenvalue weighted by atomic mass is 9.83. The molecule has 1 aromatic rings. The van der Waals surface area contributed by atoms with Crippen LogP contribution in [0, 0.1) is 0 Å². The van der Waals surface area contributed by atoms with Crippen LogP contribution >= 0.6 is 0 Å². The highest BCUT2D eigenvalue weighted by Crippen LogP contribution is 2.37. The Morgan fingerprint density at radius 3 is 2.47 bits per heavy atom. The molecule has 2 N–H and O–H groups in total. The molecule has 0 radical (unpaired) electrons. The number of primary amides is 1. The average Bonchev–Trinajstić information content (AvgIpc) is 2.99. The monoisotopic (exact) mass is 233 g/mol. The van der Waals surface area contributed by atoms with Crippen LogP contribution in [-0.2, 0) is 5.41 Å². The van der Waals surface area contributed by atoms with E-state index in [0.29, 0.717) is 11.7 Å². The first-order valence-corrected chi connectivity index (χ1v) is 5.99. The second-order valence-corrected chi connectivity index (χ2v) is 5.61. The van der Waals surface area contributed by atoms with Crippen molar-refractivity contribution in [2.75, 3.05) is 0 Å². The normalized spacial score (nSPS) is 15.7. The minimum absolute atomic E-state index is 0.157. The van der Waals surface area contributed by atoms with Crippen LogP contribution in [0.3, 0.4) is 0 Å². The Kier molecular flexibility index (Phi) is 2.86. The molecule has 0 heterocycles. The van der Waals surface area contributed by atoms with Crippen LogP contribution in [-0.4, -0.2) is 12.0 Å². The molecule has 0 saturated heterocycles. The second kappa shape index (κ2) is 4.06. The van der Waals surface area contributed by atoms with E-state index in [0.717, 1.165) is 24.2 Å².